The van der Waals surface area contributed by atoms with E-state index in [9.17, 15) is 18.3 Å². The Kier molecular flexibility index (Phi) is 4.78. The fourth-order valence-corrected chi connectivity index (χ4v) is 2.50. The van der Waals surface area contributed by atoms with Crippen molar-refractivity contribution >= 4 is 10.9 Å². The van der Waals surface area contributed by atoms with Gasteiger partial charge in [0, 0.05) is 11.9 Å². The molecule has 124 valence electrons. The summed E-state index contributed by atoms with van der Waals surface area (Å²) < 4.78 is 39.7. The van der Waals surface area contributed by atoms with E-state index in [1.807, 2.05) is 36.4 Å². The molecule has 1 unspecified atom stereocenters. The lowest BCUT2D eigenvalue weighted by Crippen LogP contribution is -2.25. The molecule has 0 saturated heterocycles. The molecule has 3 rings (SSSR count). The number of para-hydroxylation sites is 1. The third kappa shape index (κ3) is 3.39. The maximum Gasteiger partial charge on any atom is 0.194 e. The molecule has 3 aromatic rings. The van der Waals surface area contributed by atoms with Crippen LogP contribution in [0.5, 0.6) is 0 Å². The quantitative estimate of drug-likeness (QED) is 0.703. The van der Waals surface area contributed by atoms with Crippen LogP contribution in [0, 0.1) is 17.5 Å². The van der Waals surface area contributed by atoms with Crippen LogP contribution in [0.3, 0.4) is 0 Å². The van der Waals surface area contributed by atoms with Gasteiger partial charge in [-0.1, -0.05) is 24.3 Å². The van der Waals surface area contributed by atoms with Crippen LogP contribution in [0.25, 0.3) is 10.9 Å². The first-order valence-corrected chi connectivity index (χ1v) is 7.42. The second kappa shape index (κ2) is 6.98. The topological polar surface area (TPSA) is 45.1 Å². The fourth-order valence-electron chi connectivity index (χ4n) is 2.50. The summed E-state index contributed by atoms with van der Waals surface area (Å²) in [6.45, 7) is -0.102. The monoisotopic (exact) mass is 332 g/mol. The lowest BCUT2D eigenvalue weighted by Gasteiger charge is -2.17. The van der Waals surface area contributed by atoms with Crippen LogP contribution >= 0.6 is 0 Å². The van der Waals surface area contributed by atoms with Crippen molar-refractivity contribution in [1.29, 1.82) is 0 Å². The van der Waals surface area contributed by atoms with E-state index in [1.54, 1.807) is 0 Å². The molecule has 6 heteroatoms. The zero-order chi connectivity index (χ0) is 17.1. The highest BCUT2D eigenvalue weighted by Gasteiger charge is 2.17. The van der Waals surface area contributed by atoms with Crippen LogP contribution in [-0.4, -0.2) is 16.7 Å². The van der Waals surface area contributed by atoms with Crippen LogP contribution in [0.15, 0.2) is 48.5 Å². The molecule has 0 aliphatic heterocycles. The lowest BCUT2D eigenvalue weighted by molar-refractivity contribution is 0.242. The number of pyridine rings is 1. The SMILES string of the molecule is OCC(NCc1ccc2ccccc2n1)c1cc(F)c(F)c(F)c1. The summed E-state index contributed by atoms with van der Waals surface area (Å²) in [6, 6.07) is 12.4. The number of aliphatic hydroxyl groups excluding tert-OH is 1. The Hall–Kier alpha value is -2.44. The number of hydrogen-bond donors (Lipinski definition) is 2. The van der Waals surface area contributed by atoms with E-state index in [4.69, 9.17) is 0 Å². The summed E-state index contributed by atoms with van der Waals surface area (Å²) >= 11 is 0. The zero-order valence-electron chi connectivity index (χ0n) is 12.6. The third-order valence-electron chi connectivity index (χ3n) is 3.78. The van der Waals surface area contributed by atoms with Crippen molar-refractivity contribution in [2.75, 3.05) is 6.61 Å². The van der Waals surface area contributed by atoms with Crippen LogP contribution < -0.4 is 5.32 Å². The van der Waals surface area contributed by atoms with Gasteiger partial charge in [-0.25, -0.2) is 13.2 Å². The maximum atomic E-state index is 13.3. The van der Waals surface area contributed by atoms with Gasteiger partial charge in [0.1, 0.15) is 0 Å². The molecular formula is C18H15F3N2O. The highest BCUT2D eigenvalue weighted by Crippen LogP contribution is 2.20. The van der Waals surface area contributed by atoms with Gasteiger partial charge >= 0.3 is 0 Å². The highest BCUT2D eigenvalue weighted by atomic mass is 19.2. The molecule has 0 spiro atoms. The molecule has 1 atom stereocenters. The van der Waals surface area contributed by atoms with Crippen molar-refractivity contribution < 1.29 is 18.3 Å². The molecule has 0 bridgehead atoms. The van der Waals surface area contributed by atoms with Crippen molar-refractivity contribution in [3.8, 4) is 0 Å². The second-order valence-corrected chi connectivity index (χ2v) is 5.41. The van der Waals surface area contributed by atoms with E-state index in [1.165, 1.54) is 0 Å². The third-order valence-corrected chi connectivity index (χ3v) is 3.78. The van der Waals surface area contributed by atoms with Crippen LogP contribution in [0.4, 0.5) is 13.2 Å². The molecule has 24 heavy (non-hydrogen) atoms. The van der Waals surface area contributed by atoms with Gasteiger partial charge in [-0.05, 0) is 29.8 Å². The van der Waals surface area contributed by atoms with Crippen LogP contribution in [0.2, 0.25) is 0 Å². The number of nitrogens with zero attached hydrogens (tertiary/aromatic N) is 1. The van der Waals surface area contributed by atoms with Crippen molar-refractivity contribution in [2.45, 2.75) is 12.6 Å². The molecule has 0 saturated carbocycles. The Morgan fingerprint density at radius 3 is 2.42 bits per heavy atom. The minimum absolute atomic E-state index is 0.134. The summed E-state index contributed by atoms with van der Waals surface area (Å²) in [6.07, 6.45) is 0. The van der Waals surface area contributed by atoms with Crippen molar-refractivity contribution in [3.63, 3.8) is 0 Å². The van der Waals surface area contributed by atoms with E-state index >= 15 is 0 Å². The average molecular weight is 332 g/mol. The number of nitrogens with one attached hydrogen (secondary N) is 1. The van der Waals surface area contributed by atoms with Gasteiger partial charge in [0.05, 0.1) is 23.9 Å². The maximum absolute atomic E-state index is 13.3. The number of rotatable bonds is 5. The predicted octanol–water partition coefficient (Wildman–Crippen LogP) is 3.48. The molecule has 2 aromatic carbocycles. The number of benzene rings is 2. The van der Waals surface area contributed by atoms with E-state index < -0.39 is 30.1 Å². The van der Waals surface area contributed by atoms with E-state index in [-0.39, 0.29) is 12.1 Å². The Morgan fingerprint density at radius 1 is 1.00 bits per heavy atom. The summed E-state index contributed by atoms with van der Waals surface area (Å²) in [7, 11) is 0. The smallest absolute Gasteiger partial charge is 0.194 e. The standard InChI is InChI=1S/C18H15F3N2O/c19-14-7-12(8-15(20)18(14)21)17(10-24)22-9-13-6-5-11-3-1-2-4-16(11)23-13/h1-8,17,22,24H,9-10H2. The number of fused-ring (bicyclic) bond motifs is 1. The summed E-state index contributed by atoms with van der Waals surface area (Å²) in [5.41, 5.74) is 1.68. The first kappa shape index (κ1) is 16.4. The van der Waals surface area contributed by atoms with Gasteiger partial charge in [0.15, 0.2) is 17.5 Å². The molecule has 0 amide bonds. The number of halogens is 3. The van der Waals surface area contributed by atoms with Crippen LogP contribution in [-0.2, 0) is 6.54 Å². The summed E-state index contributed by atoms with van der Waals surface area (Å²) in [4.78, 5) is 4.47. The molecule has 0 aliphatic rings. The molecule has 1 heterocycles. The van der Waals surface area contributed by atoms with Gasteiger partial charge in [0.25, 0.3) is 0 Å². The normalized spacial score (nSPS) is 12.5. The Balaban J connectivity index is 1.77. The molecular weight excluding hydrogens is 317 g/mol. The molecule has 1 aromatic heterocycles. The average Bonchev–Trinajstić information content (AvgIpc) is 2.60. The van der Waals surface area contributed by atoms with Gasteiger partial charge in [-0.2, -0.15) is 0 Å². The van der Waals surface area contributed by atoms with Crippen LogP contribution in [0.1, 0.15) is 17.3 Å². The van der Waals surface area contributed by atoms with E-state index in [2.05, 4.69) is 10.3 Å². The van der Waals surface area contributed by atoms with Gasteiger partial charge in [0.2, 0.25) is 0 Å². The largest absolute Gasteiger partial charge is 0.394 e. The van der Waals surface area contributed by atoms with Gasteiger partial charge in [-0.15, -0.1) is 0 Å². The first-order chi connectivity index (χ1) is 11.6. The highest BCUT2D eigenvalue weighted by molar-refractivity contribution is 5.78. The van der Waals surface area contributed by atoms with Crippen molar-refractivity contribution in [3.05, 3.63) is 77.2 Å². The first-order valence-electron chi connectivity index (χ1n) is 7.42. The summed E-state index contributed by atoms with van der Waals surface area (Å²) in [5.74, 6) is -4.09. The Bertz CT molecular complexity index is 847. The van der Waals surface area contributed by atoms with Gasteiger partial charge in [-0.3, -0.25) is 4.98 Å². The molecule has 0 fully saturated rings. The minimum atomic E-state index is -1.52. The molecule has 0 radical (unpaired) electrons. The minimum Gasteiger partial charge on any atom is -0.394 e. The predicted molar refractivity (Wildman–Crippen MR) is 84.7 cm³/mol. The molecule has 3 nitrogen and oxygen atoms in total. The number of aromatic nitrogens is 1. The fraction of sp³-hybridized carbons (Fsp3) is 0.167. The number of aliphatic hydroxyl groups is 1. The van der Waals surface area contributed by atoms with Gasteiger partial charge < -0.3 is 10.4 Å². The van der Waals surface area contributed by atoms with E-state index in [0.29, 0.717) is 0 Å². The second-order valence-electron chi connectivity index (χ2n) is 5.41. The van der Waals surface area contributed by atoms with Crippen molar-refractivity contribution in [1.82, 2.24) is 10.3 Å². The number of hydrogen-bond acceptors (Lipinski definition) is 3. The lowest BCUT2D eigenvalue weighted by atomic mass is 10.1. The summed E-state index contributed by atoms with van der Waals surface area (Å²) in [5, 5.41) is 13.4. The molecule has 2 N–H and O–H groups in total. The molecule has 0 aliphatic carbocycles. The Labute approximate surface area is 136 Å². The van der Waals surface area contributed by atoms with E-state index in [0.717, 1.165) is 28.7 Å². The van der Waals surface area contributed by atoms with Crippen molar-refractivity contribution in [2.24, 2.45) is 0 Å². The Morgan fingerprint density at radius 2 is 1.71 bits per heavy atom. The zero-order valence-corrected chi connectivity index (χ0v) is 12.6.